The topological polar surface area (TPSA) is 54.7 Å². The Labute approximate surface area is 114 Å². The summed E-state index contributed by atoms with van der Waals surface area (Å²) in [5.41, 5.74) is 7.99. The van der Waals surface area contributed by atoms with Crippen LogP contribution < -0.4 is 5.73 Å². The molecule has 0 aliphatic rings. The summed E-state index contributed by atoms with van der Waals surface area (Å²) in [7, 11) is 0. The molecule has 0 bridgehead atoms. The zero-order valence-corrected chi connectivity index (χ0v) is 11.7. The van der Waals surface area contributed by atoms with E-state index in [4.69, 9.17) is 11.0 Å². The molecule has 100 valence electrons. The van der Waals surface area contributed by atoms with E-state index in [2.05, 4.69) is 35.0 Å². The van der Waals surface area contributed by atoms with Gasteiger partial charge in [-0.05, 0) is 43.7 Å². The Morgan fingerprint density at radius 2 is 2.11 bits per heavy atom. The number of rotatable bonds is 5. The first-order valence-electron chi connectivity index (χ1n) is 6.75. The SMILES string of the molecule is CC(C)(C#N)CCCn1ccc2cccc(CN)c21. The summed E-state index contributed by atoms with van der Waals surface area (Å²) in [6, 6.07) is 10.7. The highest BCUT2D eigenvalue weighted by atomic mass is 15.0. The summed E-state index contributed by atoms with van der Waals surface area (Å²) in [4.78, 5) is 0. The van der Waals surface area contributed by atoms with E-state index in [9.17, 15) is 0 Å². The van der Waals surface area contributed by atoms with Crippen LogP contribution in [0.4, 0.5) is 0 Å². The number of para-hydroxylation sites is 1. The summed E-state index contributed by atoms with van der Waals surface area (Å²) >= 11 is 0. The van der Waals surface area contributed by atoms with Crippen LogP contribution in [0.3, 0.4) is 0 Å². The van der Waals surface area contributed by atoms with E-state index in [0.29, 0.717) is 6.54 Å². The number of fused-ring (bicyclic) bond motifs is 1. The van der Waals surface area contributed by atoms with E-state index in [1.807, 2.05) is 19.9 Å². The maximum atomic E-state index is 9.03. The van der Waals surface area contributed by atoms with Gasteiger partial charge in [0.1, 0.15) is 0 Å². The lowest BCUT2D eigenvalue weighted by atomic mass is 9.90. The van der Waals surface area contributed by atoms with Crippen molar-refractivity contribution in [3.63, 3.8) is 0 Å². The minimum atomic E-state index is -0.236. The summed E-state index contributed by atoms with van der Waals surface area (Å²) < 4.78 is 2.25. The zero-order valence-electron chi connectivity index (χ0n) is 11.7. The van der Waals surface area contributed by atoms with Crippen molar-refractivity contribution in [1.29, 1.82) is 5.26 Å². The van der Waals surface area contributed by atoms with Crippen LogP contribution in [0.25, 0.3) is 10.9 Å². The number of benzene rings is 1. The van der Waals surface area contributed by atoms with Gasteiger partial charge in [0, 0.05) is 19.3 Å². The van der Waals surface area contributed by atoms with Crippen LogP contribution in [0, 0.1) is 16.7 Å². The fourth-order valence-electron chi connectivity index (χ4n) is 2.44. The van der Waals surface area contributed by atoms with Crippen LogP contribution >= 0.6 is 0 Å². The zero-order chi connectivity index (χ0) is 13.9. The lowest BCUT2D eigenvalue weighted by molar-refractivity contribution is 0.418. The molecule has 0 spiro atoms. The van der Waals surface area contributed by atoms with E-state index < -0.39 is 0 Å². The van der Waals surface area contributed by atoms with Crippen LogP contribution in [0.2, 0.25) is 0 Å². The third-order valence-electron chi connectivity index (χ3n) is 3.60. The molecular weight excluding hydrogens is 234 g/mol. The maximum absolute atomic E-state index is 9.03. The van der Waals surface area contributed by atoms with Crippen molar-refractivity contribution in [1.82, 2.24) is 4.57 Å². The molecule has 1 aromatic carbocycles. The maximum Gasteiger partial charge on any atom is 0.0683 e. The Bertz CT molecular complexity index is 602. The molecule has 2 N–H and O–H groups in total. The van der Waals surface area contributed by atoms with Gasteiger partial charge in [0.2, 0.25) is 0 Å². The number of aryl methyl sites for hydroxylation is 1. The first kappa shape index (κ1) is 13.6. The fourth-order valence-corrected chi connectivity index (χ4v) is 2.44. The molecule has 0 saturated heterocycles. The van der Waals surface area contributed by atoms with Crippen LogP contribution in [-0.2, 0) is 13.1 Å². The second kappa shape index (κ2) is 5.46. The lowest BCUT2D eigenvalue weighted by Crippen LogP contribution is -2.10. The predicted molar refractivity (Wildman–Crippen MR) is 78.5 cm³/mol. The Balaban J connectivity index is 2.16. The van der Waals surface area contributed by atoms with Gasteiger partial charge < -0.3 is 10.3 Å². The molecule has 1 heterocycles. The van der Waals surface area contributed by atoms with Crippen LogP contribution in [0.5, 0.6) is 0 Å². The van der Waals surface area contributed by atoms with Gasteiger partial charge in [0.05, 0.1) is 17.0 Å². The number of nitrogens with two attached hydrogens (primary N) is 1. The Hall–Kier alpha value is -1.79. The van der Waals surface area contributed by atoms with E-state index in [1.54, 1.807) is 0 Å². The van der Waals surface area contributed by atoms with Crippen LogP contribution in [-0.4, -0.2) is 4.57 Å². The quantitative estimate of drug-likeness (QED) is 0.889. The number of aromatic nitrogens is 1. The minimum Gasteiger partial charge on any atom is -0.347 e. The minimum absolute atomic E-state index is 0.236. The van der Waals surface area contributed by atoms with Crippen LogP contribution in [0.15, 0.2) is 30.5 Å². The fraction of sp³-hybridized carbons (Fsp3) is 0.438. The normalized spacial score (nSPS) is 11.7. The molecule has 0 saturated carbocycles. The number of hydrogen-bond donors (Lipinski definition) is 1. The van der Waals surface area contributed by atoms with E-state index >= 15 is 0 Å². The molecule has 3 nitrogen and oxygen atoms in total. The molecule has 0 atom stereocenters. The lowest BCUT2D eigenvalue weighted by Gasteiger charge is -2.15. The molecule has 0 aliphatic carbocycles. The molecule has 0 unspecified atom stereocenters. The first-order chi connectivity index (χ1) is 9.07. The second-order valence-electron chi connectivity index (χ2n) is 5.67. The molecule has 0 aliphatic heterocycles. The van der Waals surface area contributed by atoms with Gasteiger partial charge in [-0.3, -0.25) is 0 Å². The summed E-state index contributed by atoms with van der Waals surface area (Å²) in [5, 5.41) is 10.3. The van der Waals surface area contributed by atoms with Crippen molar-refractivity contribution >= 4 is 10.9 Å². The second-order valence-corrected chi connectivity index (χ2v) is 5.67. The van der Waals surface area contributed by atoms with E-state index in [-0.39, 0.29) is 5.41 Å². The van der Waals surface area contributed by atoms with Gasteiger partial charge in [0.15, 0.2) is 0 Å². The summed E-state index contributed by atoms with van der Waals surface area (Å²) in [5.74, 6) is 0. The average molecular weight is 255 g/mol. The van der Waals surface area contributed by atoms with Gasteiger partial charge in [-0.15, -0.1) is 0 Å². The standard InChI is InChI=1S/C16H21N3/c1-16(2,12-18)8-4-9-19-10-7-13-5-3-6-14(11-17)15(13)19/h3,5-7,10H,4,8-9,11,17H2,1-2H3. The highest BCUT2D eigenvalue weighted by Crippen LogP contribution is 2.24. The Kier molecular flexibility index (Phi) is 3.92. The van der Waals surface area contributed by atoms with Crippen molar-refractivity contribution in [3.8, 4) is 6.07 Å². The van der Waals surface area contributed by atoms with Crippen molar-refractivity contribution in [2.24, 2.45) is 11.1 Å². The Morgan fingerprint density at radius 1 is 1.32 bits per heavy atom. The van der Waals surface area contributed by atoms with Crippen LogP contribution in [0.1, 0.15) is 32.3 Å². The Morgan fingerprint density at radius 3 is 2.79 bits per heavy atom. The molecule has 19 heavy (non-hydrogen) atoms. The van der Waals surface area contributed by atoms with Gasteiger partial charge in [-0.1, -0.05) is 18.2 Å². The number of hydrogen-bond acceptors (Lipinski definition) is 2. The average Bonchev–Trinajstić information content (AvgIpc) is 2.82. The van der Waals surface area contributed by atoms with E-state index in [0.717, 1.165) is 19.4 Å². The number of nitriles is 1. The summed E-state index contributed by atoms with van der Waals surface area (Å²) in [6.45, 7) is 5.48. The molecule has 0 fully saturated rings. The molecule has 2 rings (SSSR count). The highest BCUT2D eigenvalue weighted by molar-refractivity contribution is 5.83. The number of nitrogens with zero attached hydrogens (tertiary/aromatic N) is 2. The van der Waals surface area contributed by atoms with Gasteiger partial charge in [-0.25, -0.2) is 0 Å². The third-order valence-corrected chi connectivity index (χ3v) is 3.60. The van der Waals surface area contributed by atoms with Gasteiger partial charge in [0.25, 0.3) is 0 Å². The van der Waals surface area contributed by atoms with Gasteiger partial charge in [-0.2, -0.15) is 5.26 Å². The van der Waals surface area contributed by atoms with Crippen molar-refractivity contribution in [3.05, 3.63) is 36.0 Å². The van der Waals surface area contributed by atoms with Crippen molar-refractivity contribution in [2.45, 2.75) is 39.8 Å². The van der Waals surface area contributed by atoms with Crippen molar-refractivity contribution < 1.29 is 0 Å². The first-order valence-corrected chi connectivity index (χ1v) is 6.75. The predicted octanol–water partition coefficient (Wildman–Crippen LogP) is 3.43. The molecule has 1 aromatic heterocycles. The molecular formula is C16H21N3. The summed E-state index contributed by atoms with van der Waals surface area (Å²) in [6.07, 6.45) is 4.03. The monoisotopic (exact) mass is 255 g/mol. The smallest absolute Gasteiger partial charge is 0.0683 e. The molecule has 2 aromatic rings. The largest absolute Gasteiger partial charge is 0.347 e. The van der Waals surface area contributed by atoms with E-state index in [1.165, 1.54) is 16.5 Å². The third kappa shape index (κ3) is 2.97. The van der Waals surface area contributed by atoms with Gasteiger partial charge >= 0.3 is 0 Å². The molecule has 3 heteroatoms. The highest BCUT2D eigenvalue weighted by Gasteiger charge is 2.16. The van der Waals surface area contributed by atoms with Crippen molar-refractivity contribution in [2.75, 3.05) is 0 Å². The molecule has 0 radical (unpaired) electrons. The molecule has 0 amide bonds.